The monoisotopic (exact) mass is 196 g/mol. The molecular formula is C12H17FO. The van der Waals surface area contributed by atoms with Gasteiger partial charge in [0.1, 0.15) is 6.17 Å². The Bertz CT molecular complexity index is 277. The van der Waals surface area contributed by atoms with Crippen molar-refractivity contribution in [3.05, 3.63) is 0 Å². The zero-order valence-electron chi connectivity index (χ0n) is 8.27. The molecule has 0 aromatic heterocycles. The van der Waals surface area contributed by atoms with E-state index >= 15 is 0 Å². The summed E-state index contributed by atoms with van der Waals surface area (Å²) in [6.07, 6.45) is 3.72. The molecule has 1 N–H and O–H groups in total. The Labute approximate surface area is 83.7 Å². The van der Waals surface area contributed by atoms with Gasteiger partial charge in [0.05, 0.1) is 6.10 Å². The molecule has 0 amide bonds. The van der Waals surface area contributed by atoms with Crippen LogP contribution in [0.25, 0.3) is 0 Å². The van der Waals surface area contributed by atoms with Crippen molar-refractivity contribution >= 4 is 0 Å². The van der Waals surface area contributed by atoms with Gasteiger partial charge in [-0.05, 0) is 61.2 Å². The average molecular weight is 196 g/mol. The summed E-state index contributed by atoms with van der Waals surface area (Å²) in [5, 5.41) is 10.1. The molecule has 0 aromatic rings. The summed E-state index contributed by atoms with van der Waals surface area (Å²) in [5.41, 5.74) is 0. The van der Waals surface area contributed by atoms with E-state index in [0.717, 1.165) is 12.8 Å². The lowest BCUT2D eigenvalue weighted by molar-refractivity contribution is 0.0797. The maximum atomic E-state index is 13.6. The summed E-state index contributed by atoms with van der Waals surface area (Å²) in [5.74, 6) is 3.25. The highest BCUT2D eigenvalue weighted by molar-refractivity contribution is 5.14. The van der Waals surface area contributed by atoms with Crippen LogP contribution in [0.5, 0.6) is 0 Å². The summed E-state index contributed by atoms with van der Waals surface area (Å²) in [4.78, 5) is 0. The molecule has 4 aliphatic rings. The lowest BCUT2D eigenvalue weighted by atomic mass is 9.70. The van der Waals surface area contributed by atoms with Gasteiger partial charge in [-0.15, -0.1) is 0 Å². The first-order valence-corrected chi connectivity index (χ1v) is 6.09. The minimum absolute atomic E-state index is 0.0689. The summed E-state index contributed by atoms with van der Waals surface area (Å²) in [6.45, 7) is 0. The number of hydrogen-bond acceptors (Lipinski definition) is 1. The number of aliphatic hydroxyl groups is 1. The van der Waals surface area contributed by atoms with Crippen molar-refractivity contribution in [1.29, 1.82) is 0 Å². The first-order valence-electron chi connectivity index (χ1n) is 6.09. The van der Waals surface area contributed by atoms with Crippen molar-refractivity contribution in [3.8, 4) is 0 Å². The molecule has 1 nitrogen and oxygen atoms in total. The van der Waals surface area contributed by atoms with E-state index in [-0.39, 0.29) is 6.10 Å². The van der Waals surface area contributed by atoms with E-state index in [0.29, 0.717) is 35.5 Å². The third kappa shape index (κ3) is 0.700. The van der Waals surface area contributed by atoms with Crippen LogP contribution in [-0.2, 0) is 0 Å². The first kappa shape index (κ1) is 8.09. The van der Waals surface area contributed by atoms with Crippen LogP contribution in [0.15, 0.2) is 0 Å². The van der Waals surface area contributed by atoms with E-state index in [9.17, 15) is 9.50 Å². The van der Waals surface area contributed by atoms with E-state index in [4.69, 9.17) is 0 Å². The second-order valence-electron chi connectivity index (χ2n) is 5.96. The van der Waals surface area contributed by atoms with E-state index < -0.39 is 6.17 Å². The SMILES string of the molecule is O[C@H]1[C@H]2CC[C@@H]1[C@H]1[C@H]3C[C@H](C[C@@H]3F)[C@@H]21. The van der Waals surface area contributed by atoms with Crippen LogP contribution in [0.1, 0.15) is 25.7 Å². The zero-order valence-corrected chi connectivity index (χ0v) is 8.27. The van der Waals surface area contributed by atoms with Gasteiger partial charge in [0.2, 0.25) is 0 Å². The second kappa shape index (κ2) is 2.34. The van der Waals surface area contributed by atoms with Gasteiger partial charge in [-0.3, -0.25) is 0 Å². The fourth-order valence-electron chi connectivity index (χ4n) is 5.49. The lowest BCUT2D eigenvalue weighted by Crippen LogP contribution is -2.33. The molecule has 0 unspecified atom stereocenters. The molecule has 8 atom stereocenters. The lowest BCUT2D eigenvalue weighted by Gasteiger charge is -2.35. The highest BCUT2D eigenvalue weighted by Crippen LogP contribution is 2.67. The van der Waals surface area contributed by atoms with Crippen LogP contribution in [0.4, 0.5) is 4.39 Å². The van der Waals surface area contributed by atoms with Crippen LogP contribution in [-0.4, -0.2) is 17.4 Å². The molecule has 2 heteroatoms. The van der Waals surface area contributed by atoms with E-state index in [1.54, 1.807) is 0 Å². The van der Waals surface area contributed by atoms with Gasteiger partial charge in [-0.1, -0.05) is 0 Å². The van der Waals surface area contributed by atoms with Crippen molar-refractivity contribution in [3.63, 3.8) is 0 Å². The summed E-state index contributed by atoms with van der Waals surface area (Å²) >= 11 is 0. The van der Waals surface area contributed by atoms with E-state index in [2.05, 4.69) is 0 Å². The van der Waals surface area contributed by atoms with Gasteiger partial charge in [0, 0.05) is 0 Å². The smallest absolute Gasteiger partial charge is 0.103 e. The molecule has 14 heavy (non-hydrogen) atoms. The third-order valence-electron chi connectivity index (χ3n) is 5.75. The van der Waals surface area contributed by atoms with Crippen molar-refractivity contribution in [2.24, 2.45) is 35.5 Å². The Morgan fingerprint density at radius 2 is 1.64 bits per heavy atom. The predicted molar refractivity (Wildman–Crippen MR) is 50.3 cm³/mol. The molecule has 78 valence electrons. The highest BCUT2D eigenvalue weighted by atomic mass is 19.1. The molecule has 4 bridgehead atoms. The second-order valence-corrected chi connectivity index (χ2v) is 5.96. The summed E-state index contributed by atoms with van der Waals surface area (Å²) < 4.78 is 13.6. The number of aliphatic hydroxyl groups excluding tert-OH is 1. The van der Waals surface area contributed by atoms with Gasteiger partial charge in [0.15, 0.2) is 0 Å². The van der Waals surface area contributed by atoms with Crippen molar-refractivity contribution in [2.75, 3.05) is 0 Å². The number of rotatable bonds is 0. The van der Waals surface area contributed by atoms with Gasteiger partial charge in [-0.2, -0.15) is 0 Å². The number of halogens is 1. The molecule has 4 fully saturated rings. The Hall–Kier alpha value is -0.110. The molecule has 0 spiro atoms. The van der Waals surface area contributed by atoms with Crippen LogP contribution in [0.3, 0.4) is 0 Å². The van der Waals surface area contributed by atoms with Crippen LogP contribution >= 0.6 is 0 Å². The minimum Gasteiger partial charge on any atom is -0.393 e. The molecule has 0 saturated heterocycles. The maximum Gasteiger partial charge on any atom is 0.103 e. The molecule has 0 aliphatic heterocycles. The Morgan fingerprint density at radius 1 is 0.929 bits per heavy atom. The third-order valence-corrected chi connectivity index (χ3v) is 5.75. The average Bonchev–Trinajstić information content (AvgIpc) is 2.84. The van der Waals surface area contributed by atoms with Gasteiger partial charge in [0.25, 0.3) is 0 Å². The molecule has 4 rings (SSSR count). The summed E-state index contributed by atoms with van der Waals surface area (Å²) in [6, 6.07) is 0. The number of fused-ring (bicyclic) bond motifs is 9. The largest absolute Gasteiger partial charge is 0.393 e. The van der Waals surface area contributed by atoms with Crippen molar-refractivity contribution < 1.29 is 9.50 Å². The van der Waals surface area contributed by atoms with Crippen LogP contribution in [0, 0.1) is 35.5 Å². The summed E-state index contributed by atoms with van der Waals surface area (Å²) in [7, 11) is 0. The molecule has 4 saturated carbocycles. The van der Waals surface area contributed by atoms with Gasteiger partial charge < -0.3 is 5.11 Å². The molecule has 0 radical (unpaired) electrons. The molecular weight excluding hydrogens is 179 g/mol. The number of alkyl halides is 1. The fraction of sp³-hybridized carbons (Fsp3) is 1.00. The quantitative estimate of drug-likeness (QED) is 0.587. The van der Waals surface area contributed by atoms with Crippen LogP contribution in [0.2, 0.25) is 0 Å². The Kier molecular flexibility index (Phi) is 1.35. The van der Waals surface area contributed by atoms with Gasteiger partial charge in [-0.25, -0.2) is 4.39 Å². The van der Waals surface area contributed by atoms with E-state index in [1.807, 2.05) is 0 Å². The van der Waals surface area contributed by atoms with Crippen molar-refractivity contribution in [1.82, 2.24) is 0 Å². The Balaban J connectivity index is 1.75. The Morgan fingerprint density at radius 3 is 2.43 bits per heavy atom. The zero-order chi connectivity index (χ0) is 9.45. The van der Waals surface area contributed by atoms with Crippen molar-refractivity contribution in [2.45, 2.75) is 38.0 Å². The normalized spacial score (nSPS) is 69.0. The minimum atomic E-state index is -0.534. The first-order chi connectivity index (χ1) is 6.77. The van der Waals surface area contributed by atoms with Gasteiger partial charge >= 0.3 is 0 Å². The fourth-order valence-corrected chi connectivity index (χ4v) is 5.49. The highest BCUT2D eigenvalue weighted by Gasteiger charge is 2.65. The molecule has 0 aromatic carbocycles. The predicted octanol–water partition coefficient (Wildman–Crippen LogP) is 2.00. The standard InChI is InChI=1S/C12H17FO/c13-9-4-5-3-8(9)11-7-2-1-6(10(5)11)12(7)14/h5-12,14H,1-4H2/t5-,6+,7-,8+,9+,10+,11+,12+/m1/s1. The number of hydrogen-bond donors (Lipinski definition) is 1. The van der Waals surface area contributed by atoms with Crippen LogP contribution < -0.4 is 0 Å². The molecule has 0 heterocycles. The topological polar surface area (TPSA) is 20.2 Å². The van der Waals surface area contributed by atoms with E-state index in [1.165, 1.54) is 12.8 Å². The molecule has 4 aliphatic carbocycles. The maximum absolute atomic E-state index is 13.6.